The van der Waals surface area contributed by atoms with Gasteiger partial charge in [-0.2, -0.15) is 0 Å². The van der Waals surface area contributed by atoms with Crippen molar-refractivity contribution in [3.8, 4) is 11.5 Å². The number of carbonyl (C=O) groups is 2. The zero-order valence-electron chi connectivity index (χ0n) is 22.4. The van der Waals surface area contributed by atoms with Gasteiger partial charge in [0.15, 0.2) is 0 Å². The van der Waals surface area contributed by atoms with Crippen LogP contribution in [-0.4, -0.2) is 44.2 Å². The van der Waals surface area contributed by atoms with Crippen LogP contribution in [0.3, 0.4) is 0 Å². The van der Waals surface area contributed by atoms with Crippen molar-refractivity contribution in [1.29, 1.82) is 0 Å². The Balaban J connectivity index is 1.42. The summed E-state index contributed by atoms with van der Waals surface area (Å²) in [6, 6.07) is 22.0. The molecule has 1 aliphatic rings. The van der Waals surface area contributed by atoms with Gasteiger partial charge in [-0.05, 0) is 74.3 Å². The monoisotopic (exact) mass is 516 g/mol. The third-order valence-electron chi connectivity index (χ3n) is 7.24. The number of esters is 1. The Morgan fingerprint density at radius 1 is 1.00 bits per heavy atom. The topological polar surface area (TPSA) is 77.1 Å². The Morgan fingerprint density at radius 2 is 1.82 bits per heavy atom. The van der Waals surface area contributed by atoms with Gasteiger partial charge in [0.25, 0.3) is 0 Å². The highest BCUT2D eigenvalue weighted by atomic mass is 16.6. The van der Waals surface area contributed by atoms with Gasteiger partial charge in [-0.1, -0.05) is 55.8 Å². The van der Waals surface area contributed by atoms with E-state index in [0.29, 0.717) is 22.7 Å². The van der Waals surface area contributed by atoms with Crippen LogP contribution in [-0.2, 0) is 16.8 Å². The molecule has 4 rings (SSSR count). The first-order valence-corrected chi connectivity index (χ1v) is 13.1. The molecule has 200 valence electrons. The number of nitrogens with zero attached hydrogens (tertiary/aromatic N) is 1. The van der Waals surface area contributed by atoms with E-state index in [1.807, 2.05) is 42.5 Å². The molecule has 0 aliphatic carbocycles. The second-order valence-corrected chi connectivity index (χ2v) is 9.85. The maximum atomic E-state index is 12.8. The molecule has 1 heterocycles. The molecule has 0 bridgehead atoms. The first-order valence-electron chi connectivity index (χ1n) is 13.1. The molecule has 7 heteroatoms. The second kappa shape index (κ2) is 12.6. The number of likely N-dealkylation sites (tertiary alicyclic amines) is 1. The molecule has 1 unspecified atom stereocenters. The summed E-state index contributed by atoms with van der Waals surface area (Å²) in [6.07, 6.45) is 3.87. The predicted octanol–water partition coefficient (Wildman–Crippen LogP) is 6.43. The third kappa shape index (κ3) is 6.72. The van der Waals surface area contributed by atoms with Gasteiger partial charge >= 0.3 is 12.1 Å². The van der Waals surface area contributed by atoms with E-state index >= 15 is 0 Å². The first-order chi connectivity index (χ1) is 18.4. The summed E-state index contributed by atoms with van der Waals surface area (Å²) in [4.78, 5) is 27.7. The number of hydrogen-bond acceptors (Lipinski definition) is 6. The summed E-state index contributed by atoms with van der Waals surface area (Å²) < 4.78 is 16.5. The van der Waals surface area contributed by atoms with Crippen LogP contribution in [0.15, 0.2) is 72.8 Å². The van der Waals surface area contributed by atoms with Crippen LogP contribution < -0.4 is 14.8 Å². The maximum absolute atomic E-state index is 12.8. The molecular weight excluding hydrogens is 480 g/mol. The number of carbonyl (C=O) groups excluding carboxylic acids is 2. The normalized spacial score (nSPS) is 17.8. The number of anilines is 1. The van der Waals surface area contributed by atoms with Crippen molar-refractivity contribution in [3.05, 3.63) is 89.5 Å². The lowest BCUT2D eigenvalue weighted by Crippen LogP contribution is -2.37. The quantitative estimate of drug-likeness (QED) is 0.348. The second-order valence-electron chi connectivity index (χ2n) is 9.85. The average Bonchev–Trinajstić information content (AvgIpc) is 3.14. The molecule has 1 atom stereocenters. The van der Waals surface area contributed by atoms with Crippen molar-refractivity contribution in [3.63, 3.8) is 0 Å². The molecule has 3 aromatic carbocycles. The Labute approximate surface area is 224 Å². The number of methoxy groups -OCH3 is 1. The Morgan fingerprint density at radius 3 is 2.58 bits per heavy atom. The van der Waals surface area contributed by atoms with E-state index in [2.05, 4.69) is 30.3 Å². The van der Waals surface area contributed by atoms with Crippen LogP contribution in [0, 0.1) is 0 Å². The van der Waals surface area contributed by atoms with Gasteiger partial charge in [0.2, 0.25) is 0 Å². The zero-order valence-corrected chi connectivity index (χ0v) is 22.4. The van der Waals surface area contributed by atoms with Gasteiger partial charge in [-0.3, -0.25) is 5.32 Å². The van der Waals surface area contributed by atoms with Crippen molar-refractivity contribution in [1.82, 2.24) is 4.90 Å². The summed E-state index contributed by atoms with van der Waals surface area (Å²) >= 11 is 0. The van der Waals surface area contributed by atoms with Crippen molar-refractivity contribution < 1.29 is 23.8 Å². The summed E-state index contributed by atoms with van der Waals surface area (Å²) in [5.74, 6) is 0.336. The minimum atomic E-state index is -0.636. The first kappa shape index (κ1) is 27.2. The minimum Gasteiger partial charge on any atom is -0.495 e. The van der Waals surface area contributed by atoms with E-state index in [-0.39, 0.29) is 12.0 Å². The molecule has 1 aliphatic heterocycles. The summed E-state index contributed by atoms with van der Waals surface area (Å²) in [7, 11) is 3.65. The van der Waals surface area contributed by atoms with Crippen LogP contribution >= 0.6 is 0 Å². The Hall–Kier alpha value is -3.84. The minimum absolute atomic E-state index is 0.0370. The highest BCUT2D eigenvalue weighted by Crippen LogP contribution is 2.37. The lowest BCUT2D eigenvalue weighted by molar-refractivity contribution is 0.0472. The van der Waals surface area contributed by atoms with E-state index < -0.39 is 12.1 Å². The highest BCUT2D eigenvalue weighted by Gasteiger charge is 2.33. The predicted molar refractivity (Wildman–Crippen MR) is 148 cm³/mol. The van der Waals surface area contributed by atoms with Gasteiger partial charge in [0.1, 0.15) is 18.1 Å². The Bertz CT molecular complexity index is 1250. The lowest BCUT2D eigenvalue weighted by Gasteiger charge is -2.35. The number of nitrogens with one attached hydrogen (secondary N) is 1. The van der Waals surface area contributed by atoms with Crippen LogP contribution in [0.2, 0.25) is 0 Å². The fraction of sp³-hybridized carbons (Fsp3) is 0.355. The molecular formula is C31H36N2O5. The number of benzene rings is 3. The zero-order chi connectivity index (χ0) is 27.0. The molecule has 3 aromatic rings. The molecule has 1 amide bonds. The molecule has 0 radical (unpaired) electrons. The molecule has 1 N–H and O–H groups in total. The van der Waals surface area contributed by atoms with E-state index in [9.17, 15) is 9.59 Å². The average molecular weight is 517 g/mol. The number of likely N-dealkylation sites (N-methyl/N-ethyl adjacent to an activating group) is 1. The fourth-order valence-corrected chi connectivity index (χ4v) is 5.11. The fourth-order valence-electron chi connectivity index (χ4n) is 5.11. The molecule has 0 spiro atoms. The van der Waals surface area contributed by atoms with Crippen molar-refractivity contribution >= 4 is 17.7 Å². The molecule has 7 nitrogen and oxygen atoms in total. The van der Waals surface area contributed by atoms with Crippen LogP contribution in [0.4, 0.5) is 10.5 Å². The third-order valence-corrected chi connectivity index (χ3v) is 7.24. The van der Waals surface area contributed by atoms with Gasteiger partial charge in [0.05, 0.1) is 18.4 Å². The SMILES string of the molecule is CCC1(c2cccc(OC(=O)Nc3ccc(C(=O)OCc4ccccc4)cc3OC)c2)CCCCN(C)C1. The molecule has 0 saturated carbocycles. The van der Waals surface area contributed by atoms with E-state index in [1.54, 1.807) is 18.2 Å². The Kier molecular flexibility index (Phi) is 9.02. The van der Waals surface area contributed by atoms with E-state index in [1.165, 1.54) is 31.6 Å². The molecule has 38 heavy (non-hydrogen) atoms. The highest BCUT2D eigenvalue weighted by molar-refractivity contribution is 5.93. The van der Waals surface area contributed by atoms with Gasteiger partial charge in [0, 0.05) is 12.0 Å². The largest absolute Gasteiger partial charge is 0.495 e. The van der Waals surface area contributed by atoms with Gasteiger partial charge in [-0.15, -0.1) is 0 Å². The summed E-state index contributed by atoms with van der Waals surface area (Å²) in [5.41, 5.74) is 2.84. The van der Waals surface area contributed by atoms with Crippen LogP contribution in [0.25, 0.3) is 0 Å². The standard InChI is InChI=1S/C31H36N2O5/c1-4-31(17-8-9-18-33(2)22-31)25-13-10-14-26(20-25)38-30(35)32-27-16-15-24(19-28(27)36-3)29(34)37-21-23-11-6-5-7-12-23/h5-7,10-16,19-20H,4,8-9,17-18,21-22H2,1-3H3,(H,32,35). The molecule has 1 saturated heterocycles. The summed E-state index contributed by atoms with van der Waals surface area (Å²) in [5, 5.41) is 2.73. The van der Waals surface area contributed by atoms with E-state index in [4.69, 9.17) is 14.2 Å². The molecule has 1 fully saturated rings. The maximum Gasteiger partial charge on any atom is 0.417 e. The van der Waals surface area contributed by atoms with Crippen molar-refractivity contribution in [2.45, 2.75) is 44.6 Å². The number of amides is 1. The number of ether oxygens (including phenoxy) is 3. The number of rotatable bonds is 8. The van der Waals surface area contributed by atoms with Gasteiger partial charge in [-0.25, -0.2) is 9.59 Å². The lowest BCUT2D eigenvalue weighted by atomic mass is 9.74. The van der Waals surface area contributed by atoms with Crippen LogP contribution in [0.1, 0.15) is 54.1 Å². The van der Waals surface area contributed by atoms with Crippen molar-refractivity contribution in [2.75, 3.05) is 32.6 Å². The summed E-state index contributed by atoms with van der Waals surface area (Å²) in [6.45, 7) is 4.48. The van der Waals surface area contributed by atoms with Crippen LogP contribution in [0.5, 0.6) is 11.5 Å². The molecule has 0 aromatic heterocycles. The van der Waals surface area contributed by atoms with Gasteiger partial charge < -0.3 is 19.1 Å². The number of hydrogen-bond donors (Lipinski definition) is 1. The smallest absolute Gasteiger partial charge is 0.417 e. The van der Waals surface area contributed by atoms with Crippen molar-refractivity contribution in [2.24, 2.45) is 0 Å². The van der Waals surface area contributed by atoms with E-state index in [0.717, 1.165) is 31.5 Å².